The van der Waals surface area contributed by atoms with Crippen LogP contribution in [0, 0.1) is 0 Å². The third-order valence-electron chi connectivity index (χ3n) is 2.24. The minimum Gasteiger partial charge on any atom is -0.369 e. The van der Waals surface area contributed by atoms with Crippen molar-refractivity contribution in [3.8, 4) is 0 Å². The Balaban J connectivity index is 2.28. The van der Waals surface area contributed by atoms with Crippen LogP contribution >= 0.6 is 22.9 Å². The van der Waals surface area contributed by atoms with Crippen LogP contribution in [0.15, 0.2) is 34.0 Å². The summed E-state index contributed by atoms with van der Waals surface area (Å²) in [5.74, 6) is 0.471. The number of pyridine rings is 1. The van der Waals surface area contributed by atoms with Gasteiger partial charge in [0.25, 0.3) is 10.0 Å². The number of hydrogen-bond acceptors (Lipinski definition) is 5. The summed E-state index contributed by atoms with van der Waals surface area (Å²) in [7, 11) is -3.66. The van der Waals surface area contributed by atoms with E-state index in [1.165, 1.54) is 23.6 Å². The Morgan fingerprint density at radius 2 is 2.26 bits per heavy atom. The van der Waals surface area contributed by atoms with E-state index in [4.69, 9.17) is 11.6 Å². The van der Waals surface area contributed by atoms with Gasteiger partial charge in [0.15, 0.2) is 0 Å². The molecule has 5 nitrogen and oxygen atoms in total. The molecule has 0 aromatic carbocycles. The fourth-order valence-electron chi connectivity index (χ4n) is 1.40. The fourth-order valence-corrected chi connectivity index (χ4v) is 3.38. The van der Waals surface area contributed by atoms with Crippen molar-refractivity contribution in [3.05, 3.63) is 34.1 Å². The second-order valence-electron chi connectivity index (χ2n) is 3.65. The third-order valence-corrected chi connectivity index (χ3v) is 4.56. The summed E-state index contributed by atoms with van der Waals surface area (Å²) in [4.78, 5) is 4.04. The maximum atomic E-state index is 12.1. The van der Waals surface area contributed by atoms with E-state index < -0.39 is 10.0 Å². The van der Waals surface area contributed by atoms with Gasteiger partial charge in [0.1, 0.15) is 10.7 Å². The summed E-state index contributed by atoms with van der Waals surface area (Å²) < 4.78 is 26.6. The number of anilines is 2. The summed E-state index contributed by atoms with van der Waals surface area (Å²) in [5, 5.41) is 6.71. The molecule has 0 spiro atoms. The molecule has 0 aliphatic heterocycles. The van der Waals surface area contributed by atoms with Gasteiger partial charge >= 0.3 is 0 Å². The first kappa shape index (κ1) is 14.1. The minimum atomic E-state index is -3.66. The van der Waals surface area contributed by atoms with Gasteiger partial charge in [0.05, 0.1) is 10.7 Å². The SMILES string of the molecule is CCNc1ncc(S(=O)(=O)Nc2ccsc2)cc1Cl. The maximum Gasteiger partial charge on any atom is 0.263 e. The van der Waals surface area contributed by atoms with Crippen LogP contribution in [0.2, 0.25) is 5.02 Å². The van der Waals surface area contributed by atoms with Crippen molar-refractivity contribution < 1.29 is 8.42 Å². The van der Waals surface area contributed by atoms with Crippen molar-refractivity contribution in [1.29, 1.82) is 0 Å². The second kappa shape index (κ2) is 5.77. The molecule has 0 fully saturated rings. The maximum absolute atomic E-state index is 12.1. The van der Waals surface area contributed by atoms with Gasteiger partial charge in [-0.1, -0.05) is 11.6 Å². The van der Waals surface area contributed by atoms with Crippen molar-refractivity contribution in [2.24, 2.45) is 0 Å². The number of thiophene rings is 1. The molecule has 0 saturated carbocycles. The van der Waals surface area contributed by atoms with E-state index in [-0.39, 0.29) is 9.92 Å². The van der Waals surface area contributed by atoms with Gasteiger partial charge < -0.3 is 5.32 Å². The summed E-state index contributed by atoms with van der Waals surface area (Å²) in [6.45, 7) is 2.56. The predicted molar refractivity (Wildman–Crippen MR) is 78.5 cm³/mol. The lowest BCUT2D eigenvalue weighted by Gasteiger charge is -2.09. The summed E-state index contributed by atoms with van der Waals surface area (Å²) in [6, 6.07) is 3.06. The molecule has 102 valence electrons. The van der Waals surface area contributed by atoms with E-state index in [1.54, 1.807) is 16.8 Å². The molecular weight excluding hydrogens is 306 g/mol. The molecule has 0 aliphatic carbocycles. The van der Waals surface area contributed by atoms with Gasteiger partial charge in [0, 0.05) is 18.1 Å². The Labute approximate surface area is 120 Å². The first-order valence-corrected chi connectivity index (χ1v) is 8.28. The fraction of sp³-hybridized carbons (Fsp3) is 0.182. The largest absolute Gasteiger partial charge is 0.369 e. The van der Waals surface area contributed by atoms with E-state index in [1.807, 2.05) is 6.92 Å². The minimum absolute atomic E-state index is 0.0327. The van der Waals surface area contributed by atoms with Gasteiger partial charge in [-0.25, -0.2) is 13.4 Å². The summed E-state index contributed by atoms with van der Waals surface area (Å²) in [6.07, 6.45) is 1.28. The van der Waals surface area contributed by atoms with Crippen LogP contribution in [0.4, 0.5) is 11.5 Å². The predicted octanol–water partition coefficient (Wildman–Crippen LogP) is 3.03. The van der Waals surface area contributed by atoms with Crippen LogP contribution in [0.5, 0.6) is 0 Å². The molecule has 0 unspecified atom stereocenters. The molecule has 0 atom stereocenters. The standard InChI is InChI=1S/C11H12ClN3O2S2/c1-2-13-11-10(12)5-9(6-14-11)19(16,17)15-8-3-4-18-7-8/h3-7,15H,2H2,1H3,(H,13,14). The Bertz CT molecular complexity index is 657. The van der Waals surface area contributed by atoms with Crippen LogP contribution in [-0.4, -0.2) is 19.9 Å². The van der Waals surface area contributed by atoms with Crippen LogP contribution < -0.4 is 10.0 Å². The van der Waals surface area contributed by atoms with Gasteiger partial charge in [-0.15, -0.1) is 0 Å². The lowest BCUT2D eigenvalue weighted by Crippen LogP contribution is -2.13. The molecule has 2 aromatic rings. The molecule has 0 aliphatic rings. The highest BCUT2D eigenvalue weighted by Gasteiger charge is 2.16. The first-order chi connectivity index (χ1) is 9.03. The first-order valence-electron chi connectivity index (χ1n) is 5.47. The average molecular weight is 318 g/mol. The highest BCUT2D eigenvalue weighted by Crippen LogP contribution is 2.24. The monoisotopic (exact) mass is 317 g/mol. The molecule has 0 saturated heterocycles. The molecule has 2 rings (SSSR count). The lowest BCUT2D eigenvalue weighted by atomic mass is 10.4. The Hall–Kier alpha value is -1.31. The van der Waals surface area contributed by atoms with E-state index in [2.05, 4.69) is 15.0 Å². The molecule has 19 heavy (non-hydrogen) atoms. The van der Waals surface area contributed by atoms with Crippen LogP contribution in [-0.2, 0) is 10.0 Å². The van der Waals surface area contributed by atoms with Crippen LogP contribution in [0.25, 0.3) is 0 Å². The normalized spacial score (nSPS) is 11.3. The zero-order chi connectivity index (χ0) is 13.9. The number of aromatic nitrogens is 1. The Morgan fingerprint density at radius 1 is 1.47 bits per heavy atom. The lowest BCUT2D eigenvalue weighted by molar-refractivity contribution is 0.601. The quantitative estimate of drug-likeness (QED) is 0.889. The van der Waals surface area contributed by atoms with Gasteiger partial charge in [-0.05, 0) is 24.4 Å². The topological polar surface area (TPSA) is 71.1 Å². The molecule has 8 heteroatoms. The molecular formula is C11H12ClN3O2S2. The Morgan fingerprint density at radius 3 is 2.84 bits per heavy atom. The van der Waals surface area contributed by atoms with E-state index in [9.17, 15) is 8.42 Å². The molecule has 0 bridgehead atoms. The number of hydrogen-bond donors (Lipinski definition) is 2. The van der Waals surface area contributed by atoms with Crippen molar-refractivity contribution in [2.45, 2.75) is 11.8 Å². The number of halogens is 1. The highest BCUT2D eigenvalue weighted by atomic mass is 35.5. The molecule has 2 aromatic heterocycles. The van der Waals surface area contributed by atoms with Gasteiger partial charge in [0.2, 0.25) is 0 Å². The number of rotatable bonds is 5. The van der Waals surface area contributed by atoms with Crippen molar-refractivity contribution in [1.82, 2.24) is 4.98 Å². The molecule has 2 N–H and O–H groups in total. The zero-order valence-electron chi connectivity index (χ0n) is 10.1. The second-order valence-corrected chi connectivity index (χ2v) is 6.52. The third kappa shape index (κ3) is 3.37. The van der Waals surface area contributed by atoms with Crippen LogP contribution in [0.3, 0.4) is 0 Å². The zero-order valence-corrected chi connectivity index (χ0v) is 12.4. The van der Waals surface area contributed by atoms with Crippen molar-refractivity contribution in [2.75, 3.05) is 16.6 Å². The van der Waals surface area contributed by atoms with E-state index in [0.29, 0.717) is 18.1 Å². The number of nitrogens with zero attached hydrogens (tertiary/aromatic N) is 1. The summed E-state index contributed by atoms with van der Waals surface area (Å²) >= 11 is 7.39. The number of nitrogens with one attached hydrogen (secondary N) is 2. The highest BCUT2D eigenvalue weighted by molar-refractivity contribution is 7.92. The molecule has 0 amide bonds. The smallest absolute Gasteiger partial charge is 0.263 e. The number of sulfonamides is 1. The van der Waals surface area contributed by atoms with Crippen LogP contribution in [0.1, 0.15) is 6.92 Å². The van der Waals surface area contributed by atoms with E-state index >= 15 is 0 Å². The Kier molecular flexibility index (Phi) is 4.28. The van der Waals surface area contributed by atoms with E-state index in [0.717, 1.165) is 0 Å². The van der Waals surface area contributed by atoms with Crippen molar-refractivity contribution in [3.63, 3.8) is 0 Å². The van der Waals surface area contributed by atoms with Crippen molar-refractivity contribution >= 4 is 44.5 Å². The summed E-state index contributed by atoms with van der Waals surface area (Å²) in [5.41, 5.74) is 0.525. The van der Waals surface area contributed by atoms with Gasteiger partial charge in [-0.3, -0.25) is 4.72 Å². The molecule has 0 radical (unpaired) electrons. The molecule has 2 heterocycles. The van der Waals surface area contributed by atoms with Gasteiger partial charge in [-0.2, -0.15) is 11.3 Å². The average Bonchev–Trinajstić information content (AvgIpc) is 2.84.